The lowest BCUT2D eigenvalue weighted by Gasteiger charge is -2.12. The van der Waals surface area contributed by atoms with Crippen LogP contribution in [0.1, 0.15) is 12.8 Å². The lowest BCUT2D eigenvalue weighted by Crippen LogP contribution is -2.19. The molecule has 1 saturated carbocycles. The Bertz CT molecular complexity index is 774. The lowest BCUT2D eigenvalue weighted by atomic mass is 10.2. The molecular formula is C14H13FN4S. The van der Waals surface area contributed by atoms with E-state index in [1.807, 2.05) is 6.07 Å². The van der Waals surface area contributed by atoms with Crippen molar-refractivity contribution >= 4 is 21.4 Å². The zero-order valence-electron chi connectivity index (χ0n) is 11.0. The molecule has 1 fully saturated rings. The highest BCUT2D eigenvalue weighted by atomic mass is 32.1. The van der Waals surface area contributed by atoms with Gasteiger partial charge in [-0.2, -0.15) is 0 Å². The fraction of sp³-hybridized carbons (Fsp3) is 0.286. The number of nitrogens with zero attached hydrogens (tertiary/aromatic N) is 4. The molecule has 0 spiro atoms. The van der Waals surface area contributed by atoms with Gasteiger partial charge in [0.15, 0.2) is 0 Å². The van der Waals surface area contributed by atoms with Crippen LogP contribution in [0.3, 0.4) is 0 Å². The van der Waals surface area contributed by atoms with E-state index in [0.717, 1.165) is 21.3 Å². The van der Waals surface area contributed by atoms with Crippen molar-refractivity contribution in [3.63, 3.8) is 0 Å². The van der Waals surface area contributed by atoms with Crippen molar-refractivity contribution in [1.82, 2.24) is 14.6 Å². The summed E-state index contributed by atoms with van der Waals surface area (Å²) in [7, 11) is 2.07. The second-order valence-electron chi connectivity index (χ2n) is 5.07. The van der Waals surface area contributed by atoms with E-state index in [2.05, 4.69) is 22.0 Å². The predicted molar refractivity (Wildman–Crippen MR) is 77.7 cm³/mol. The molecule has 3 aromatic rings. The maximum atomic E-state index is 13.4. The zero-order chi connectivity index (χ0) is 13.7. The Kier molecular flexibility index (Phi) is 2.53. The van der Waals surface area contributed by atoms with Crippen LogP contribution < -0.4 is 4.90 Å². The Morgan fingerprint density at radius 1 is 1.40 bits per heavy atom. The van der Waals surface area contributed by atoms with Gasteiger partial charge in [0.25, 0.3) is 0 Å². The van der Waals surface area contributed by atoms with E-state index in [1.165, 1.54) is 25.0 Å². The van der Waals surface area contributed by atoms with Crippen molar-refractivity contribution in [1.29, 1.82) is 0 Å². The fourth-order valence-corrected chi connectivity index (χ4v) is 3.20. The molecule has 6 heteroatoms. The van der Waals surface area contributed by atoms with Gasteiger partial charge >= 0.3 is 0 Å². The van der Waals surface area contributed by atoms with Gasteiger partial charge in [-0.25, -0.2) is 13.9 Å². The first-order valence-electron chi connectivity index (χ1n) is 6.56. The highest BCUT2D eigenvalue weighted by molar-refractivity contribution is 7.20. The van der Waals surface area contributed by atoms with Gasteiger partial charge in [-0.3, -0.25) is 0 Å². The first-order valence-corrected chi connectivity index (χ1v) is 7.37. The molecule has 1 aliphatic carbocycles. The molecule has 2 heterocycles. The molecule has 0 aliphatic heterocycles. The van der Waals surface area contributed by atoms with Crippen LogP contribution in [0.5, 0.6) is 0 Å². The quantitative estimate of drug-likeness (QED) is 0.742. The lowest BCUT2D eigenvalue weighted by molar-refractivity contribution is 0.628. The maximum absolute atomic E-state index is 13.4. The molecule has 1 aromatic carbocycles. The van der Waals surface area contributed by atoms with E-state index in [0.29, 0.717) is 6.04 Å². The van der Waals surface area contributed by atoms with Crippen LogP contribution in [0.4, 0.5) is 9.52 Å². The highest BCUT2D eigenvalue weighted by Crippen LogP contribution is 2.34. The van der Waals surface area contributed by atoms with Crippen molar-refractivity contribution in [3.05, 3.63) is 36.3 Å². The first kappa shape index (κ1) is 11.8. The molecule has 0 radical (unpaired) electrons. The van der Waals surface area contributed by atoms with Crippen LogP contribution in [0.25, 0.3) is 16.2 Å². The third-order valence-corrected chi connectivity index (χ3v) is 4.60. The number of anilines is 1. The number of imidazole rings is 1. The monoisotopic (exact) mass is 288 g/mol. The molecule has 20 heavy (non-hydrogen) atoms. The van der Waals surface area contributed by atoms with Gasteiger partial charge in [0.2, 0.25) is 10.1 Å². The van der Waals surface area contributed by atoms with E-state index in [1.54, 1.807) is 28.1 Å². The predicted octanol–water partition coefficient (Wildman–Crippen LogP) is 3.20. The van der Waals surface area contributed by atoms with Gasteiger partial charge in [0.05, 0.1) is 11.9 Å². The molecular weight excluding hydrogens is 275 g/mol. The number of halogens is 1. The Hall–Kier alpha value is -1.95. The summed E-state index contributed by atoms with van der Waals surface area (Å²) in [6.07, 6.45) is 4.21. The standard InChI is InChI=1S/C14H13FN4S/c1-18(11-5-6-11)14-17-19-12(8-16-13(19)20-14)9-3-2-4-10(15)7-9/h2-4,7-8,11H,5-6H2,1H3. The molecule has 0 saturated heterocycles. The number of hydrogen-bond acceptors (Lipinski definition) is 4. The summed E-state index contributed by atoms with van der Waals surface area (Å²) >= 11 is 1.57. The van der Waals surface area contributed by atoms with Gasteiger partial charge in [-0.05, 0) is 25.0 Å². The zero-order valence-corrected chi connectivity index (χ0v) is 11.8. The third kappa shape index (κ3) is 1.87. The van der Waals surface area contributed by atoms with Gasteiger partial charge in [-0.1, -0.05) is 23.5 Å². The topological polar surface area (TPSA) is 33.4 Å². The summed E-state index contributed by atoms with van der Waals surface area (Å²) in [6, 6.07) is 7.13. The summed E-state index contributed by atoms with van der Waals surface area (Å²) in [5.41, 5.74) is 1.62. The summed E-state index contributed by atoms with van der Waals surface area (Å²) in [6.45, 7) is 0. The first-order chi connectivity index (χ1) is 9.72. The minimum Gasteiger partial charge on any atom is -0.347 e. The number of rotatable bonds is 3. The van der Waals surface area contributed by atoms with Crippen LogP contribution >= 0.6 is 11.3 Å². The normalized spacial score (nSPS) is 14.9. The molecule has 0 bridgehead atoms. The van der Waals surface area contributed by atoms with Crippen LogP contribution in [-0.4, -0.2) is 27.7 Å². The molecule has 1 aliphatic rings. The largest absolute Gasteiger partial charge is 0.347 e. The molecule has 4 rings (SSSR count). The van der Waals surface area contributed by atoms with E-state index < -0.39 is 0 Å². The second-order valence-corrected chi connectivity index (χ2v) is 6.01. The Labute approximate surface area is 119 Å². The molecule has 2 aromatic heterocycles. The third-order valence-electron chi connectivity index (χ3n) is 3.59. The van der Waals surface area contributed by atoms with Gasteiger partial charge in [-0.15, -0.1) is 5.10 Å². The van der Waals surface area contributed by atoms with Crippen LogP contribution in [0, 0.1) is 5.82 Å². The SMILES string of the molecule is CN(c1nn2c(-c3cccc(F)c3)cnc2s1)C1CC1. The molecule has 0 amide bonds. The Morgan fingerprint density at radius 3 is 3.00 bits per heavy atom. The van der Waals surface area contributed by atoms with Crippen molar-refractivity contribution < 1.29 is 4.39 Å². The molecule has 0 unspecified atom stereocenters. The van der Waals surface area contributed by atoms with E-state index >= 15 is 0 Å². The van der Waals surface area contributed by atoms with E-state index in [4.69, 9.17) is 0 Å². The Balaban J connectivity index is 1.80. The highest BCUT2D eigenvalue weighted by Gasteiger charge is 2.28. The second kappa shape index (κ2) is 4.28. The van der Waals surface area contributed by atoms with Gasteiger partial charge < -0.3 is 4.90 Å². The van der Waals surface area contributed by atoms with Crippen molar-refractivity contribution in [2.45, 2.75) is 18.9 Å². The minimum atomic E-state index is -0.247. The smallest absolute Gasteiger partial charge is 0.214 e. The molecule has 102 valence electrons. The van der Waals surface area contributed by atoms with Gasteiger partial charge in [0.1, 0.15) is 5.82 Å². The fourth-order valence-electron chi connectivity index (χ4n) is 2.29. The van der Waals surface area contributed by atoms with Gasteiger partial charge in [0, 0.05) is 18.7 Å². The maximum Gasteiger partial charge on any atom is 0.214 e. The van der Waals surface area contributed by atoms with Crippen LogP contribution in [-0.2, 0) is 0 Å². The average molecular weight is 288 g/mol. The number of fused-ring (bicyclic) bond motifs is 1. The summed E-state index contributed by atoms with van der Waals surface area (Å²) < 4.78 is 15.2. The molecule has 4 nitrogen and oxygen atoms in total. The van der Waals surface area contributed by atoms with Crippen molar-refractivity contribution in [3.8, 4) is 11.3 Å². The summed E-state index contributed by atoms with van der Waals surface area (Å²) in [5, 5.41) is 5.58. The van der Waals surface area contributed by atoms with Crippen molar-refractivity contribution in [2.75, 3.05) is 11.9 Å². The Morgan fingerprint density at radius 2 is 2.25 bits per heavy atom. The average Bonchev–Trinajstić information content (AvgIpc) is 3.08. The minimum absolute atomic E-state index is 0.247. The molecule has 0 N–H and O–H groups in total. The number of hydrogen-bond donors (Lipinski definition) is 0. The van der Waals surface area contributed by atoms with Crippen LogP contribution in [0.15, 0.2) is 30.5 Å². The number of aromatic nitrogens is 3. The summed E-state index contributed by atoms with van der Waals surface area (Å²) in [4.78, 5) is 7.42. The van der Waals surface area contributed by atoms with Crippen molar-refractivity contribution in [2.24, 2.45) is 0 Å². The van der Waals surface area contributed by atoms with Crippen LogP contribution in [0.2, 0.25) is 0 Å². The molecule has 0 atom stereocenters. The number of benzene rings is 1. The van der Waals surface area contributed by atoms with E-state index in [-0.39, 0.29) is 5.82 Å². The van der Waals surface area contributed by atoms with E-state index in [9.17, 15) is 4.39 Å². The summed E-state index contributed by atoms with van der Waals surface area (Å²) in [5.74, 6) is -0.247.